The maximum Gasteiger partial charge on any atom is 0.233 e. The Kier molecular flexibility index (Phi) is 6.19. The first-order valence-corrected chi connectivity index (χ1v) is 9.15. The molecule has 0 radical (unpaired) electrons. The van der Waals surface area contributed by atoms with Crippen LogP contribution in [0.4, 0.5) is 11.4 Å². The van der Waals surface area contributed by atoms with Gasteiger partial charge in [0, 0.05) is 42.6 Å². The van der Waals surface area contributed by atoms with Crippen molar-refractivity contribution < 1.29 is 14.3 Å². The Bertz CT molecular complexity index is 802. The van der Waals surface area contributed by atoms with Gasteiger partial charge in [0.15, 0.2) is 0 Å². The minimum absolute atomic E-state index is 0.163. The Morgan fingerprint density at radius 1 is 1.07 bits per heavy atom. The van der Waals surface area contributed by atoms with E-state index in [0.717, 1.165) is 24.5 Å². The number of halogens is 1. The maximum absolute atomic E-state index is 12.4. The highest BCUT2D eigenvalue weighted by Crippen LogP contribution is 2.21. The summed E-state index contributed by atoms with van der Waals surface area (Å²) >= 11 is 5.90. The topological polar surface area (TPSA) is 61.9 Å². The van der Waals surface area contributed by atoms with E-state index in [0.29, 0.717) is 23.8 Å². The van der Waals surface area contributed by atoms with Crippen molar-refractivity contribution in [2.45, 2.75) is 6.42 Å². The predicted octanol–water partition coefficient (Wildman–Crippen LogP) is 3.03. The van der Waals surface area contributed by atoms with Crippen molar-refractivity contribution in [3.8, 4) is 5.75 Å². The highest BCUT2D eigenvalue weighted by Gasteiger charge is 2.23. The number of hydrogen-bond donors (Lipinski definition) is 1. The molecule has 27 heavy (non-hydrogen) atoms. The van der Waals surface area contributed by atoms with Crippen LogP contribution in [0.5, 0.6) is 5.75 Å². The predicted molar refractivity (Wildman–Crippen MR) is 106 cm³/mol. The number of carbonyl (C=O) groups excluding carboxylic acids is 2. The van der Waals surface area contributed by atoms with Gasteiger partial charge in [-0.05, 0) is 42.5 Å². The summed E-state index contributed by atoms with van der Waals surface area (Å²) in [5.74, 6) is 0.321. The van der Waals surface area contributed by atoms with Crippen molar-refractivity contribution >= 4 is 34.8 Å². The van der Waals surface area contributed by atoms with Gasteiger partial charge in [-0.3, -0.25) is 9.59 Å². The van der Waals surface area contributed by atoms with E-state index in [4.69, 9.17) is 16.3 Å². The maximum atomic E-state index is 12.4. The second-order valence-corrected chi connectivity index (χ2v) is 6.74. The third-order valence-electron chi connectivity index (χ3n) is 4.49. The minimum atomic E-state index is -0.333. The lowest BCUT2D eigenvalue weighted by atomic mass is 10.2. The van der Waals surface area contributed by atoms with Gasteiger partial charge < -0.3 is 19.9 Å². The van der Waals surface area contributed by atoms with Crippen LogP contribution in [-0.4, -0.2) is 50.0 Å². The molecule has 0 unspecified atom stereocenters. The fraction of sp³-hybridized carbons (Fsp3) is 0.300. The van der Waals surface area contributed by atoms with E-state index in [9.17, 15) is 9.59 Å². The van der Waals surface area contributed by atoms with Gasteiger partial charge in [0.1, 0.15) is 12.2 Å². The third kappa shape index (κ3) is 5.14. The Labute approximate surface area is 163 Å². The molecule has 1 aliphatic rings. The molecule has 0 bridgehead atoms. The van der Waals surface area contributed by atoms with E-state index in [1.54, 1.807) is 36.3 Å². The molecule has 1 fully saturated rings. The molecular formula is C20H22ClN3O3. The number of rotatable bonds is 5. The summed E-state index contributed by atoms with van der Waals surface area (Å²) in [6, 6.07) is 14.7. The number of methoxy groups -OCH3 is 1. The molecule has 2 amide bonds. The van der Waals surface area contributed by atoms with Crippen LogP contribution < -0.4 is 15.0 Å². The summed E-state index contributed by atoms with van der Waals surface area (Å²) in [6.45, 7) is 2.65. The normalized spacial score (nSPS) is 14.0. The highest BCUT2D eigenvalue weighted by atomic mass is 35.5. The molecule has 0 aliphatic carbocycles. The molecule has 0 atom stereocenters. The van der Waals surface area contributed by atoms with Gasteiger partial charge in [-0.1, -0.05) is 17.7 Å². The number of amides is 2. The first-order chi connectivity index (χ1) is 13.0. The first-order valence-electron chi connectivity index (χ1n) is 8.77. The molecule has 0 saturated carbocycles. The molecule has 3 rings (SSSR count). The van der Waals surface area contributed by atoms with E-state index >= 15 is 0 Å². The quantitative estimate of drug-likeness (QED) is 0.801. The molecule has 2 aromatic carbocycles. The lowest BCUT2D eigenvalue weighted by Gasteiger charge is -2.36. The summed E-state index contributed by atoms with van der Waals surface area (Å²) in [5, 5.41) is 3.24. The lowest BCUT2D eigenvalue weighted by Crippen LogP contribution is -2.49. The van der Waals surface area contributed by atoms with E-state index in [1.807, 2.05) is 24.3 Å². The van der Waals surface area contributed by atoms with Crippen molar-refractivity contribution in [2.24, 2.45) is 0 Å². The monoisotopic (exact) mass is 387 g/mol. The number of benzene rings is 2. The zero-order chi connectivity index (χ0) is 19.2. The van der Waals surface area contributed by atoms with Crippen LogP contribution in [0.15, 0.2) is 48.5 Å². The van der Waals surface area contributed by atoms with E-state index in [-0.39, 0.29) is 18.2 Å². The SMILES string of the molecule is COc1ccc(N2CCN(C(=O)CC(=O)Nc3cccc(Cl)c3)CC2)cc1. The van der Waals surface area contributed by atoms with Crippen LogP contribution >= 0.6 is 11.6 Å². The Balaban J connectivity index is 1.48. The summed E-state index contributed by atoms with van der Waals surface area (Å²) in [5.41, 5.74) is 1.69. The molecular weight excluding hydrogens is 366 g/mol. The number of nitrogens with zero attached hydrogens (tertiary/aromatic N) is 2. The molecule has 0 aromatic heterocycles. The zero-order valence-electron chi connectivity index (χ0n) is 15.2. The standard InChI is InChI=1S/C20H22ClN3O3/c1-27-18-7-5-17(6-8-18)23-9-11-24(12-10-23)20(26)14-19(25)22-16-4-2-3-15(21)13-16/h2-8,13H,9-12,14H2,1H3,(H,22,25). The van der Waals surface area contributed by atoms with Gasteiger partial charge >= 0.3 is 0 Å². The molecule has 6 nitrogen and oxygen atoms in total. The smallest absolute Gasteiger partial charge is 0.233 e. The van der Waals surface area contributed by atoms with Gasteiger partial charge in [-0.2, -0.15) is 0 Å². The Morgan fingerprint density at radius 3 is 2.41 bits per heavy atom. The van der Waals surface area contributed by atoms with Gasteiger partial charge in [-0.25, -0.2) is 0 Å². The Hall–Kier alpha value is -2.73. The molecule has 7 heteroatoms. The summed E-state index contributed by atoms with van der Waals surface area (Å²) in [6.07, 6.45) is -0.172. The number of nitrogens with one attached hydrogen (secondary N) is 1. The van der Waals surface area contributed by atoms with Gasteiger partial charge in [0.05, 0.1) is 7.11 Å². The van der Waals surface area contributed by atoms with Crippen LogP contribution in [0.2, 0.25) is 5.02 Å². The largest absolute Gasteiger partial charge is 0.497 e. The van der Waals surface area contributed by atoms with Crippen LogP contribution in [0.1, 0.15) is 6.42 Å². The van der Waals surface area contributed by atoms with Gasteiger partial charge in [-0.15, -0.1) is 0 Å². The van der Waals surface area contributed by atoms with Crippen LogP contribution in [0.3, 0.4) is 0 Å². The number of carbonyl (C=O) groups is 2. The van der Waals surface area contributed by atoms with E-state index < -0.39 is 0 Å². The lowest BCUT2D eigenvalue weighted by molar-refractivity contribution is -0.134. The summed E-state index contributed by atoms with van der Waals surface area (Å²) in [4.78, 5) is 28.4. The van der Waals surface area contributed by atoms with Gasteiger partial charge in [0.25, 0.3) is 0 Å². The van der Waals surface area contributed by atoms with Crippen molar-refractivity contribution in [1.29, 1.82) is 0 Å². The van der Waals surface area contributed by atoms with E-state index in [1.165, 1.54) is 0 Å². The van der Waals surface area contributed by atoms with Crippen molar-refractivity contribution in [2.75, 3.05) is 43.5 Å². The number of anilines is 2. The average Bonchev–Trinajstić information content (AvgIpc) is 2.68. The van der Waals surface area contributed by atoms with Crippen LogP contribution in [-0.2, 0) is 9.59 Å². The second kappa shape index (κ2) is 8.77. The summed E-state index contributed by atoms with van der Waals surface area (Å²) in [7, 11) is 1.64. The fourth-order valence-corrected chi connectivity index (χ4v) is 3.22. The van der Waals surface area contributed by atoms with E-state index in [2.05, 4.69) is 10.2 Å². The number of hydrogen-bond acceptors (Lipinski definition) is 4. The second-order valence-electron chi connectivity index (χ2n) is 6.30. The minimum Gasteiger partial charge on any atom is -0.497 e. The molecule has 1 aliphatic heterocycles. The average molecular weight is 388 g/mol. The van der Waals surface area contributed by atoms with Crippen molar-refractivity contribution in [3.05, 3.63) is 53.6 Å². The van der Waals surface area contributed by atoms with Crippen LogP contribution in [0.25, 0.3) is 0 Å². The van der Waals surface area contributed by atoms with Gasteiger partial charge in [0.2, 0.25) is 11.8 Å². The van der Waals surface area contributed by atoms with Crippen molar-refractivity contribution in [3.63, 3.8) is 0 Å². The molecule has 142 valence electrons. The first kappa shape index (κ1) is 19.0. The fourth-order valence-electron chi connectivity index (χ4n) is 3.03. The number of ether oxygens (including phenoxy) is 1. The van der Waals surface area contributed by atoms with Crippen LogP contribution in [0, 0.1) is 0 Å². The molecule has 1 saturated heterocycles. The molecule has 0 spiro atoms. The zero-order valence-corrected chi connectivity index (χ0v) is 15.9. The third-order valence-corrected chi connectivity index (χ3v) is 4.73. The molecule has 2 aromatic rings. The summed E-state index contributed by atoms with van der Waals surface area (Å²) < 4.78 is 5.17. The molecule has 1 heterocycles. The highest BCUT2D eigenvalue weighted by molar-refractivity contribution is 6.30. The number of piperazine rings is 1. The molecule has 1 N–H and O–H groups in total. The Morgan fingerprint density at radius 2 is 1.78 bits per heavy atom. The van der Waals surface area contributed by atoms with Crippen molar-refractivity contribution in [1.82, 2.24) is 4.90 Å².